The molecule has 2 aromatic heterocycles. The standard InChI is InChI=1S/C10H13F3N6O/c1-5(20)6(14)4-15-7-2-3-8-16-17-9(10(11,12)13)19(8)18-7/h2-3,5-6,20H,4,14H2,1H3,(H,15,18). The van der Waals surface area contributed by atoms with Crippen molar-refractivity contribution in [2.24, 2.45) is 5.73 Å². The molecule has 7 nitrogen and oxygen atoms in total. The molecule has 0 aliphatic heterocycles. The SMILES string of the molecule is CC(O)C(N)CNc1ccc2nnc(C(F)(F)F)n2n1. The fourth-order valence-corrected chi connectivity index (χ4v) is 1.45. The minimum Gasteiger partial charge on any atom is -0.392 e. The van der Waals surface area contributed by atoms with E-state index in [0.29, 0.717) is 4.52 Å². The fraction of sp³-hybridized carbons (Fsp3) is 0.500. The maximum atomic E-state index is 12.7. The van der Waals surface area contributed by atoms with Crippen molar-refractivity contribution in [3.8, 4) is 0 Å². The van der Waals surface area contributed by atoms with Crippen LogP contribution in [0.3, 0.4) is 0 Å². The molecule has 2 atom stereocenters. The molecule has 0 aromatic carbocycles. The highest BCUT2D eigenvalue weighted by molar-refractivity contribution is 5.44. The van der Waals surface area contributed by atoms with Gasteiger partial charge in [-0.2, -0.15) is 17.7 Å². The molecule has 0 radical (unpaired) electrons. The summed E-state index contributed by atoms with van der Waals surface area (Å²) >= 11 is 0. The zero-order chi connectivity index (χ0) is 14.9. The zero-order valence-electron chi connectivity index (χ0n) is 10.5. The van der Waals surface area contributed by atoms with Crippen LogP contribution in [0.25, 0.3) is 5.65 Å². The monoisotopic (exact) mass is 290 g/mol. The van der Waals surface area contributed by atoms with E-state index in [1.54, 1.807) is 0 Å². The van der Waals surface area contributed by atoms with Crippen molar-refractivity contribution in [3.63, 3.8) is 0 Å². The Morgan fingerprint density at radius 1 is 1.40 bits per heavy atom. The first kappa shape index (κ1) is 14.5. The summed E-state index contributed by atoms with van der Waals surface area (Å²) in [6.07, 6.45) is -5.38. The highest BCUT2D eigenvalue weighted by atomic mass is 19.4. The molecule has 2 heterocycles. The van der Waals surface area contributed by atoms with Crippen LogP contribution in [0.15, 0.2) is 12.1 Å². The molecular formula is C10H13F3N6O. The number of nitrogens with one attached hydrogen (secondary N) is 1. The Balaban J connectivity index is 2.24. The molecule has 0 bridgehead atoms. The molecule has 0 aliphatic rings. The molecule has 10 heteroatoms. The van der Waals surface area contributed by atoms with E-state index < -0.39 is 24.1 Å². The van der Waals surface area contributed by atoms with Crippen LogP contribution in [0, 0.1) is 0 Å². The van der Waals surface area contributed by atoms with Crippen LogP contribution in [0.5, 0.6) is 0 Å². The predicted molar refractivity (Wildman–Crippen MR) is 63.9 cm³/mol. The van der Waals surface area contributed by atoms with Gasteiger partial charge in [0.2, 0.25) is 0 Å². The van der Waals surface area contributed by atoms with Crippen LogP contribution in [0.4, 0.5) is 19.0 Å². The fourth-order valence-electron chi connectivity index (χ4n) is 1.45. The number of hydrogen-bond donors (Lipinski definition) is 3. The van der Waals surface area contributed by atoms with Gasteiger partial charge in [-0.25, -0.2) is 0 Å². The van der Waals surface area contributed by atoms with E-state index in [4.69, 9.17) is 5.73 Å². The second-order valence-corrected chi connectivity index (χ2v) is 4.30. The number of hydrogen-bond acceptors (Lipinski definition) is 6. The number of rotatable bonds is 4. The number of aromatic nitrogens is 4. The molecule has 0 fully saturated rings. The maximum absolute atomic E-state index is 12.7. The number of fused-ring (bicyclic) bond motifs is 1. The van der Waals surface area contributed by atoms with Gasteiger partial charge in [-0.1, -0.05) is 0 Å². The highest BCUT2D eigenvalue weighted by Crippen LogP contribution is 2.27. The molecule has 4 N–H and O–H groups in total. The lowest BCUT2D eigenvalue weighted by Gasteiger charge is -2.15. The van der Waals surface area contributed by atoms with Gasteiger partial charge in [0.15, 0.2) is 5.65 Å². The zero-order valence-corrected chi connectivity index (χ0v) is 10.5. The highest BCUT2D eigenvalue weighted by Gasteiger charge is 2.37. The van der Waals surface area contributed by atoms with Gasteiger partial charge in [-0.15, -0.1) is 15.3 Å². The van der Waals surface area contributed by atoms with Crippen molar-refractivity contribution in [1.82, 2.24) is 19.8 Å². The molecule has 2 unspecified atom stereocenters. The number of nitrogens with zero attached hydrogens (tertiary/aromatic N) is 4. The van der Waals surface area contributed by atoms with Gasteiger partial charge in [0.05, 0.1) is 6.10 Å². The van der Waals surface area contributed by atoms with E-state index in [1.165, 1.54) is 19.1 Å². The molecule has 0 saturated carbocycles. The Hall–Kier alpha value is -1.94. The van der Waals surface area contributed by atoms with Gasteiger partial charge in [-0.3, -0.25) is 0 Å². The minimum absolute atomic E-state index is 0.0114. The van der Waals surface area contributed by atoms with E-state index in [0.717, 1.165) is 0 Å². The summed E-state index contributed by atoms with van der Waals surface area (Å²) in [6, 6.07) is 2.25. The van der Waals surface area contributed by atoms with Crippen molar-refractivity contribution in [3.05, 3.63) is 18.0 Å². The summed E-state index contributed by atoms with van der Waals surface area (Å²) in [6.45, 7) is 1.68. The van der Waals surface area contributed by atoms with Gasteiger partial charge >= 0.3 is 6.18 Å². The molecule has 20 heavy (non-hydrogen) atoms. The Morgan fingerprint density at radius 3 is 2.70 bits per heavy atom. The average molecular weight is 290 g/mol. The summed E-state index contributed by atoms with van der Waals surface area (Å²) in [4.78, 5) is 0. The Morgan fingerprint density at radius 2 is 2.10 bits per heavy atom. The molecule has 0 aliphatic carbocycles. The predicted octanol–water partition coefficient (Wildman–Crippen LogP) is 0.263. The van der Waals surface area contributed by atoms with Crippen LogP contribution in [0.2, 0.25) is 0 Å². The first-order valence-corrected chi connectivity index (χ1v) is 5.76. The van der Waals surface area contributed by atoms with Crippen molar-refractivity contribution in [1.29, 1.82) is 0 Å². The minimum atomic E-state index is -4.64. The van der Waals surface area contributed by atoms with E-state index in [9.17, 15) is 18.3 Å². The van der Waals surface area contributed by atoms with Gasteiger partial charge in [0.1, 0.15) is 5.82 Å². The first-order valence-electron chi connectivity index (χ1n) is 5.76. The Kier molecular flexibility index (Phi) is 3.77. The van der Waals surface area contributed by atoms with Crippen molar-refractivity contribution < 1.29 is 18.3 Å². The molecule has 110 valence electrons. The number of anilines is 1. The lowest BCUT2D eigenvalue weighted by molar-refractivity contribution is -0.146. The first-order chi connectivity index (χ1) is 9.29. The van der Waals surface area contributed by atoms with Crippen molar-refractivity contribution >= 4 is 11.5 Å². The van der Waals surface area contributed by atoms with Gasteiger partial charge in [-0.05, 0) is 19.1 Å². The molecule has 2 rings (SSSR count). The second-order valence-electron chi connectivity index (χ2n) is 4.30. The summed E-state index contributed by atoms with van der Waals surface area (Å²) in [7, 11) is 0. The van der Waals surface area contributed by atoms with E-state index in [2.05, 4.69) is 20.6 Å². The molecule has 2 aromatic rings. The molecule has 0 spiro atoms. The number of aliphatic hydroxyl groups excluding tert-OH is 1. The summed E-state index contributed by atoms with van der Waals surface area (Å²) in [5.74, 6) is -1.02. The van der Waals surface area contributed by atoms with E-state index >= 15 is 0 Å². The normalized spacial score (nSPS) is 15.3. The summed E-state index contributed by atoms with van der Waals surface area (Å²) in [5.41, 5.74) is 5.59. The van der Waals surface area contributed by atoms with Crippen molar-refractivity contribution in [2.75, 3.05) is 11.9 Å². The van der Waals surface area contributed by atoms with Gasteiger partial charge in [0, 0.05) is 12.6 Å². The Bertz CT molecular complexity index is 596. The van der Waals surface area contributed by atoms with Crippen LogP contribution >= 0.6 is 0 Å². The topological polar surface area (TPSA) is 101 Å². The van der Waals surface area contributed by atoms with Crippen molar-refractivity contribution in [2.45, 2.75) is 25.2 Å². The third kappa shape index (κ3) is 2.96. The van der Waals surface area contributed by atoms with Gasteiger partial charge < -0.3 is 16.2 Å². The number of nitrogens with two attached hydrogens (primary N) is 1. The lowest BCUT2D eigenvalue weighted by Crippen LogP contribution is -2.38. The number of aliphatic hydroxyl groups is 1. The van der Waals surface area contributed by atoms with Crippen LogP contribution in [-0.4, -0.2) is 43.6 Å². The lowest BCUT2D eigenvalue weighted by atomic mass is 10.2. The Labute approximate surface area is 111 Å². The number of halogens is 3. The summed E-state index contributed by atoms with van der Waals surface area (Å²) < 4.78 is 38.6. The van der Waals surface area contributed by atoms with Crippen LogP contribution in [0.1, 0.15) is 12.7 Å². The second kappa shape index (κ2) is 5.21. The van der Waals surface area contributed by atoms with Gasteiger partial charge in [0.25, 0.3) is 5.82 Å². The third-order valence-electron chi connectivity index (χ3n) is 2.65. The van der Waals surface area contributed by atoms with E-state index in [1.807, 2.05) is 0 Å². The number of alkyl halides is 3. The van der Waals surface area contributed by atoms with Crippen LogP contribution < -0.4 is 11.1 Å². The molecule has 0 amide bonds. The smallest absolute Gasteiger partial charge is 0.392 e. The molecular weight excluding hydrogens is 277 g/mol. The largest absolute Gasteiger partial charge is 0.453 e. The third-order valence-corrected chi connectivity index (χ3v) is 2.65. The molecule has 0 saturated heterocycles. The van der Waals surface area contributed by atoms with Crippen LogP contribution in [-0.2, 0) is 6.18 Å². The van der Waals surface area contributed by atoms with E-state index in [-0.39, 0.29) is 18.0 Å². The average Bonchev–Trinajstić information content (AvgIpc) is 2.78. The quantitative estimate of drug-likeness (QED) is 0.747. The summed E-state index contributed by atoms with van der Waals surface area (Å²) in [5, 5.41) is 22.2. The maximum Gasteiger partial charge on any atom is 0.453 e.